The summed E-state index contributed by atoms with van der Waals surface area (Å²) >= 11 is 1.65. The molecule has 0 amide bonds. The first kappa shape index (κ1) is 11.8. The minimum atomic E-state index is -0.383. The molecule has 0 aliphatic carbocycles. The highest BCUT2D eigenvalue weighted by molar-refractivity contribution is 8.01. The van der Waals surface area contributed by atoms with Gasteiger partial charge < -0.3 is 4.74 Å². The molecule has 0 heterocycles. The second kappa shape index (κ2) is 5.46. The van der Waals surface area contributed by atoms with Crippen molar-refractivity contribution >= 4 is 17.7 Å². The molecule has 0 aliphatic rings. The molecule has 0 atom stereocenters. The number of hydrogen-bond donors (Lipinski definition) is 0. The summed E-state index contributed by atoms with van der Waals surface area (Å²) in [6.45, 7) is 8.22. The highest BCUT2D eigenvalue weighted by Crippen LogP contribution is 2.26. The average Bonchev–Trinajstić information content (AvgIpc) is 2.01. The van der Waals surface area contributed by atoms with Crippen LogP contribution in [-0.2, 0) is 9.53 Å². The predicted octanol–water partition coefficient (Wildman–Crippen LogP) is 2.47. The van der Waals surface area contributed by atoms with E-state index in [0.29, 0.717) is 6.61 Å². The SMILES string of the molecule is CCCSC(C)(C)C(=O)OCC. The third-order valence-electron chi connectivity index (χ3n) is 1.43. The minimum absolute atomic E-state index is 0.108. The zero-order valence-electron chi connectivity index (χ0n) is 8.35. The lowest BCUT2D eigenvalue weighted by molar-refractivity contribution is -0.145. The van der Waals surface area contributed by atoms with Crippen molar-refractivity contribution < 1.29 is 9.53 Å². The van der Waals surface area contributed by atoms with E-state index in [1.165, 1.54) is 0 Å². The van der Waals surface area contributed by atoms with E-state index in [-0.39, 0.29) is 10.7 Å². The monoisotopic (exact) mass is 190 g/mol. The minimum Gasteiger partial charge on any atom is -0.465 e. The lowest BCUT2D eigenvalue weighted by Crippen LogP contribution is -2.30. The zero-order valence-corrected chi connectivity index (χ0v) is 9.16. The fourth-order valence-corrected chi connectivity index (χ4v) is 1.61. The van der Waals surface area contributed by atoms with Gasteiger partial charge in [0.2, 0.25) is 0 Å². The summed E-state index contributed by atoms with van der Waals surface area (Å²) in [4.78, 5) is 11.3. The zero-order chi connectivity index (χ0) is 9.61. The van der Waals surface area contributed by atoms with Crippen LogP contribution in [0.2, 0.25) is 0 Å². The molecule has 12 heavy (non-hydrogen) atoms. The van der Waals surface area contributed by atoms with E-state index in [1.54, 1.807) is 11.8 Å². The Hall–Kier alpha value is -0.180. The second-order valence-electron chi connectivity index (χ2n) is 3.08. The van der Waals surface area contributed by atoms with E-state index in [0.717, 1.165) is 12.2 Å². The molecule has 0 rings (SSSR count). The molecule has 0 aliphatic heterocycles. The smallest absolute Gasteiger partial charge is 0.321 e. The van der Waals surface area contributed by atoms with Crippen molar-refractivity contribution in [2.75, 3.05) is 12.4 Å². The molecule has 0 aromatic rings. The first-order valence-electron chi connectivity index (χ1n) is 4.35. The summed E-state index contributed by atoms with van der Waals surface area (Å²) in [7, 11) is 0. The Balaban J connectivity index is 3.90. The summed E-state index contributed by atoms with van der Waals surface area (Å²) in [5.41, 5.74) is 0. The van der Waals surface area contributed by atoms with E-state index in [1.807, 2.05) is 20.8 Å². The molecule has 0 radical (unpaired) electrons. The molecule has 0 bridgehead atoms. The highest BCUT2D eigenvalue weighted by atomic mass is 32.2. The number of carbonyl (C=O) groups is 1. The molecular weight excluding hydrogens is 172 g/mol. The van der Waals surface area contributed by atoms with Gasteiger partial charge >= 0.3 is 5.97 Å². The van der Waals surface area contributed by atoms with Gasteiger partial charge in [0.25, 0.3) is 0 Å². The van der Waals surface area contributed by atoms with Crippen molar-refractivity contribution in [3.8, 4) is 0 Å². The quantitative estimate of drug-likeness (QED) is 0.623. The van der Waals surface area contributed by atoms with Crippen molar-refractivity contribution in [2.45, 2.75) is 38.9 Å². The van der Waals surface area contributed by atoms with Crippen LogP contribution in [0.1, 0.15) is 34.1 Å². The van der Waals surface area contributed by atoms with Crippen LogP contribution in [0.3, 0.4) is 0 Å². The van der Waals surface area contributed by atoms with Gasteiger partial charge in [0.15, 0.2) is 0 Å². The number of hydrogen-bond acceptors (Lipinski definition) is 3. The highest BCUT2D eigenvalue weighted by Gasteiger charge is 2.28. The number of esters is 1. The normalized spacial score (nSPS) is 11.3. The van der Waals surface area contributed by atoms with Crippen LogP contribution in [0.4, 0.5) is 0 Å². The van der Waals surface area contributed by atoms with Gasteiger partial charge in [-0.05, 0) is 32.9 Å². The Morgan fingerprint density at radius 2 is 2.00 bits per heavy atom. The maximum atomic E-state index is 11.3. The van der Waals surface area contributed by atoms with Gasteiger partial charge in [-0.2, -0.15) is 0 Å². The standard InChI is InChI=1S/C9H18O2S/c1-5-7-12-9(3,4)8(10)11-6-2/h5-7H2,1-4H3. The van der Waals surface area contributed by atoms with Gasteiger partial charge in [-0.1, -0.05) is 6.92 Å². The maximum absolute atomic E-state index is 11.3. The van der Waals surface area contributed by atoms with Crippen LogP contribution in [-0.4, -0.2) is 23.1 Å². The second-order valence-corrected chi connectivity index (χ2v) is 4.80. The molecule has 72 valence electrons. The molecule has 0 saturated heterocycles. The molecule has 0 spiro atoms. The van der Waals surface area contributed by atoms with Crippen molar-refractivity contribution in [1.29, 1.82) is 0 Å². The Morgan fingerprint density at radius 1 is 1.42 bits per heavy atom. The summed E-state index contributed by atoms with van der Waals surface area (Å²) in [6.07, 6.45) is 1.09. The van der Waals surface area contributed by atoms with Crippen LogP contribution in [0.25, 0.3) is 0 Å². The first-order valence-corrected chi connectivity index (χ1v) is 5.34. The van der Waals surface area contributed by atoms with Crippen molar-refractivity contribution in [3.05, 3.63) is 0 Å². The average molecular weight is 190 g/mol. The summed E-state index contributed by atoms with van der Waals surface area (Å²) in [5, 5.41) is 0. The van der Waals surface area contributed by atoms with E-state index in [4.69, 9.17) is 4.74 Å². The van der Waals surface area contributed by atoms with E-state index in [9.17, 15) is 4.79 Å². The van der Waals surface area contributed by atoms with Crippen LogP contribution in [0.5, 0.6) is 0 Å². The number of thioether (sulfide) groups is 1. The Kier molecular flexibility index (Phi) is 5.38. The summed E-state index contributed by atoms with van der Waals surface area (Å²) in [5.74, 6) is 0.898. The van der Waals surface area contributed by atoms with Gasteiger partial charge in [0.05, 0.1) is 6.61 Å². The van der Waals surface area contributed by atoms with Crippen molar-refractivity contribution in [2.24, 2.45) is 0 Å². The fourth-order valence-electron chi connectivity index (χ4n) is 0.721. The number of rotatable bonds is 5. The molecule has 0 aromatic carbocycles. The topological polar surface area (TPSA) is 26.3 Å². The lowest BCUT2D eigenvalue weighted by atomic mass is 10.2. The molecular formula is C9H18O2S. The van der Waals surface area contributed by atoms with Crippen LogP contribution < -0.4 is 0 Å². The number of ether oxygens (including phenoxy) is 1. The van der Waals surface area contributed by atoms with E-state index >= 15 is 0 Å². The fraction of sp³-hybridized carbons (Fsp3) is 0.889. The lowest BCUT2D eigenvalue weighted by Gasteiger charge is -2.20. The third kappa shape index (κ3) is 4.00. The van der Waals surface area contributed by atoms with Gasteiger partial charge in [0, 0.05) is 0 Å². The molecule has 2 nitrogen and oxygen atoms in total. The first-order chi connectivity index (χ1) is 5.54. The van der Waals surface area contributed by atoms with Crippen LogP contribution in [0, 0.1) is 0 Å². The van der Waals surface area contributed by atoms with Crippen molar-refractivity contribution in [3.63, 3.8) is 0 Å². The van der Waals surface area contributed by atoms with Gasteiger partial charge in [-0.25, -0.2) is 0 Å². The largest absolute Gasteiger partial charge is 0.465 e. The van der Waals surface area contributed by atoms with Gasteiger partial charge in [0.1, 0.15) is 4.75 Å². The van der Waals surface area contributed by atoms with Crippen molar-refractivity contribution in [1.82, 2.24) is 0 Å². The predicted molar refractivity (Wildman–Crippen MR) is 53.5 cm³/mol. The summed E-state index contributed by atoms with van der Waals surface area (Å²) in [6, 6.07) is 0. The van der Waals surface area contributed by atoms with E-state index < -0.39 is 0 Å². The Bertz CT molecular complexity index is 143. The molecule has 0 unspecified atom stereocenters. The van der Waals surface area contributed by atoms with Gasteiger partial charge in [-0.3, -0.25) is 4.79 Å². The number of carbonyl (C=O) groups excluding carboxylic acids is 1. The Morgan fingerprint density at radius 3 is 2.42 bits per heavy atom. The molecule has 0 N–H and O–H groups in total. The molecule has 0 fully saturated rings. The van der Waals surface area contributed by atoms with Crippen LogP contribution >= 0.6 is 11.8 Å². The summed E-state index contributed by atoms with van der Waals surface area (Å²) < 4.78 is 4.56. The molecule has 0 saturated carbocycles. The van der Waals surface area contributed by atoms with Crippen LogP contribution in [0.15, 0.2) is 0 Å². The Labute approximate surface area is 79.1 Å². The molecule has 3 heteroatoms. The maximum Gasteiger partial charge on any atom is 0.321 e. The van der Waals surface area contributed by atoms with E-state index in [2.05, 4.69) is 6.92 Å². The third-order valence-corrected chi connectivity index (χ3v) is 2.93. The molecule has 0 aromatic heterocycles. The van der Waals surface area contributed by atoms with Gasteiger partial charge in [-0.15, -0.1) is 11.8 Å².